The Hall–Kier alpha value is -3.46. The Bertz CT molecular complexity index is 1340. The third kappa shape index (κ3) is 6.40. The molecule has 8 nitrogen and oxygen atoms in total. The molecule has 2 aromatic carbocycles. The van der Waals surface area contributed by atoms with Crippen molar-refractivity contribution < 1.29 is 19.2 Å². The van der Waals surface area contributed by atoms with Crippen LogP contribution in [-0.2, 0) is 16.1 Å². The third-order valence-electron chi connectivity index (χ3n) is 5.47. The zero-order chi connectivity index (χ0) is 24.8. The molecule has 0 saturated carbocycles. The van der Waals surface area contributed by atoms with Crippen molar-refractivity contribution in [1.82, 2.24) is 15.1 Å². The van der Waals surface area contributed by atoms with Crippen LogP contribution >= 0.6 is 24.0 Å². The number of nitrogens with zero attached hydrogens (tertiary/aromatic N) is 3. The summed E-state index contributed by atoms with van der Waals surface area (Å²) in [5, 5.41) is 16.2. The lowest BCUT2D eigenvalue weighted by molar-refractivity contribution is -0.137. The van der Waals surface area contributed by atoms with Gasteiger partial charge in [-0.05, 0) is 53.8 Å². The standard InChI is InChI=1S/C26H25ClN4O4.ClH/c1-16-6-3-4-7-20(16)21-10-9-17(12-19(21)15-34-2)26-30-24(31-35-26)18-13-22(27)25(29-14-18)28-11-5-8-23(32)33;/h3-4,6-7,9-10,12-14H,5,8,11,15H2,1-2H3,(H,28,29)(H,32,33);1H. The predicted molar refractivity (Wildman–Crippen MR) is 141 cm³/mol. The molecule has 10 heteroatoms. The molecule has 0 aliphatic heterocycles. The topological polar surface area (TPSA) is 110 Å². The molecule has 2 heterocycles. The van der Waals surface area contributed by atoms with Crippen molar-refractivity contribution in [2.45, 2.75) is 26.4 Å². The van der Waals surface area contributed by atoms with Gasteiger partial charge < -0.3 is 19.7 Å². The molecule has 0 spiro atoms. The molecule has 4 rings (SSSR count). The van der Waals surface area contributed by atoms with Crippen LogP contribution in [0, 0.1) is 6.92 Å². The van der Waals surface area contributed by atoms with E-state index in [1.54, 1.807) is 19.4 Å². The smallest absolute Gasteiger partial charge is 0.303 e. The number of pyridine rings is 1. The lowest BCUT2D eigenvalue weighted by Crippen LogP contribution is -2.06. The lowest BCUT2D eigenvalue weighted by Gasteiger charge is -2.12. The van der Waals surface area contributed by atoms with E-state index < -0.39 is 5.97 Å². The number of benzene rings is 2. The maximum absolute atomic E-state index is 10.6. The van der Waals surface area contributed by atoms with Crippen molar-refractivity contribution in [1.29, 1.82) is 0 Å². The largest absolute Gasteiger partial charge is 0.481 e. The zero-order valence-electron chi connectivity index (χ0n) is 19.8. The average molecular weight is 529 g/mol. The van der Waals surface area contributed by atoms with E-state index in [2.05, 4.69) is 39.5 Å². The number of ether oxygens (including phenoxy) is 1. The summed E-state index contributed by atoms with van der Waals surface area (Å²) in [6.07, 6.45) is 2.14. The molecular weight excluding hydrogens is 503 g/mol. The highest BCUT2D eigenvalue weighted by Crippen LogP contribution is 2.32. The van der Waals surface area contributed by atoms with Crippen molar-refractivity contribution in [3.63, 3.8) is 0 Å². The monoisotopic (exact) mass is 528 g/mol. The van der Waals surface area contributed by atoms with E-state index in [1.165, 1.54) is 5.56 Å². The number of carboxylic acid groups (broad SMARTS) is 1. The summed E-state index contributed by atoms with van der Waals surface area (Å²) in [5.41, 5.74) is 5.83. The van der Waals surface area contributed by atoms with E-state index in [0.29, 0.717) is 47.7 Å². The van der Waals surface area contributed by atoms with Gasteiger partial charge in [0.15, 0.2) is 0 Å². The number of carbonyl (C=O) groups is 1. The molecule has 0 aliphatic carbocycles. The van der Waals surface area contributed by atoms with Gasteiger partial charge in [0.1, 0.15) is 5.82 Å². The van der Waals surface area contributed by atoms with E-state index in [-0.39, 0.29) is 18.8 Å². The predicted octanol–water partition coefficient (Wildman–Crippen LogP) is 6.27. The second kappa shape index (κ2) is 12.5. The van der Waals surface area contributed by atoms with Gasteiger partial charge in [-0.25, -0.2) is 4.98 Å². The molecule has 0 aliphatic rings. The van der Waals surface area contributed by atoms with Crippen molar-refractivity contribution in [3.8, 4) is 34.0 Å². The fourth-order valence-electron chi connectivity index (χ4n) is 3.73. The maximum atomic E-state index is 10.6. The van der Waals surface area contributed by atoms with Crippen LogP contribution in [0.4, 0.5) is 5.82 Å². The van der Waals surface area contributed by atoms with Gasteiger partial charge in [0.05, 0.1) is 11.6 Å². The molecule has 4 aromatic rings. The number of carboxylic acids is 1. The fourth-order valence-corrected chi connectivity index (χ4v) is 3.97. The summed E-state index contributed by atoms with van der Waals surface area (Å²) >= 11 is 6.35. The number of aromatic nitrogens is 3. The molecule has 0 atom stereocenters. The second-order valence-electron chi connectivity index (χ2n) is 8.02. The number of hydrogen-bond donors (Lipinski definition) is 2. The Morgan fingerprint density at radius 3 is 2.67 bits per heavy atom. The zero-order valence-corrected chi connectivity index (χ0v) is 21.4. The third-order valence-corrected chi connectivity index (χ3v) is 5.76. The molecule has 0 unspecified atom stereocenters. The highest BCUT2D eigenvalue weighted by Gasteiger charge is 2.16. The lowest BCUT2D eigenvalue weighted by atomic mass is 9.94. The highest BCUT2D eigenvalue weighted by molar-refractivity contribution is 6.33. The van der Waals surface area contributed by atoms with Crippen LogP contribution in [0.2, 0.25) is 5.02 Å². The molecular formula is C26H26Cl2N4O4. The molecule has 0 saturated heterocycles. The molecule has 188 valence electrons. The second-order valence-corrected chi connectivity index (χ2v) is 8.43. The van der Waals surface area contributed by atoms with Gasteiger partial charge in [-0.1, -0.05) is 47.1 Å². The van der Waals surface area contributed by atoms with Gasteiger partial charge in [0, 0.05) is 37.4 Å². The number of rotatable bonds is 10. The number of nitrogens with one attached hydrogen (secondary N) is 1. The summed E-state index contributed by atoms with van der Waals surface area (Å²) in [7, 11) is 1.67. The van der Waals surface area contributed by atoms with Crippen LogP contribution in [0.25, 0.3) is 34.0 Å². The van der Waals surface area contributed by atoms with Crippen LogP contribution in [0.5, 0.6) is 0 Å². The summed E-state index contributed by atoms with van der Waals surface area (Å²) in [6.45, 7) is 2.98. The first-order valence-electron chi connectivity index (χ1n) is 11.1. The minimum absolute atomic E-state index is 0. The van der Waals surface area contributed by atoms with Crippen molar-refractivity contribution in [2.75, 3.05) is 19.0 Å². The van der Waals surface area contributed by atoms with E-state index in [1.807, 2.05) is 30.3 Å². The summed E-state index contributed by atoms with van der Waals surface area (Å²) in [4.78, 5) is 19.5. The van der Waals surface area contributed by atoms with Crippen molar-refractivity contribution in [3.05, 3.63) is 70.9 Å². The van der Waals surface area contributed by atoms with Crippen LogP contribution in [-0.4, -0.2) is 39.9 Å². The number of aliphatic carboxylic acids is 1. The Balaban J connectivity index is 0.00000361. The normalized spacial score (nSPS) is 10.6. The van der Waals surface area contributed by atoms with E-state index >= 15 is 0 Å². The minimum Gasteiger partial charge on any atom is -0.481 e. The SMILES string of the molecule is COCc1cc(-c2nc(-c3cnc(NCCCC(=O)O)c(Cl)c3)no2)ccc1-c1ccccc1C.Cl. The Kier molecular flexibility index (Phi) is 9.41. The van der Waals surface area contributed by atoms with Gasteiger partial charge in [-0.3, -0.25) is 4.79 Å². The Morgan fingerprint density at radius 2 is 1.94 bits per heavy atom. The molecule has 0 amide bonds. The summed E-state index contributed by atoms with van der Waals surface area (Å²) < 4.78 is 11.0. The molecule has 36 heavy (non-hydrogen) atoms. The van der Waals surface area contributed by atoms with Crippen molar-refractivity contribution >= 4 is 35.8 Å². The fraction of sp³-hybridized carbons (Fsp3) is 0.231. The number of aryl methyl sites for hydroxylation is 1. The van der Waals surface area contributed by atoms with Gasteiger partial charge in [0.2, 0.25) is 5.82 Å². The van der Waals surface area contributed by atoms with E-state index in [9.17, 15) is 4.79 Å². The van der Waals surface area contributed by atoms with Crippen LogP contribution in [0.15, 0.2) is 59.3 Å². The highest BCUT2D eigenvalue weighted by atomic mass is 35.5. The molecule has 0 fully saturated rings. The van der Waals surface area contributed by atoms with E-state index in [0.717, 1.165) is 22.3 Å². The van der Waals surface area contributed by atoms with Gasteiger partial charge in [0.25, 0.3) is 5.89 Å². The van der Waals surface area contributed by atoms with Crippen molar-refractivity contribution in [2.24, 2.45) is 0 Å². The number of anilines is 1. The molecule has 0 radical (unpaired) electrons. The Labute approximate surface area is 220 Å². The quantitative estimate of drug-likeness (QED) is 0.231. The van der Waals surface area contributed by atoms with Gasteiger partial charge >= 0.3 is 5.97 Å². The molecule has 0 bridgehead atoms. The maximum Gasteiger partial charge on any atom is 0.303 e. The first kappa shape index (κ1) is 27.1. The number of methoxy groups -OCH3 is 1. The molecule has 2 N–H and O–H groups in total. The van der Waals surface area contributed by atoms with Crippen LogP contribution < -0.4 is 5.32 Å². The number of hydrogen-bond acceptors (Lipinski definition) is 7. The number of halogens is 2. The van der Waals surface area contributed by atoms with Crippen LogP contribution in [0.1, 0.15) is 24.0 Å². The molecule has 2 aromatic heterocycles. The first-order chi connectivity index (χ1) is 17.0. The first-order valence-corrected chi connectivity index (χ1v) is 11.5. The minimum atomic E-state index is -0.840. The van der Waals surface area contributed by atoms with E-state index in [4.69, 9.17) is 26.0 Å². The average Bonchev–Trinajstić information content (AvgIpc) is 3.34. The van der Waals surface area contributed by atoms with Gasteiger partial charge in [-0.2, -0.15) is 4.98 Å². The van der Waals surface area contributed by atoms with Crippen LogP contribution in [0.3, 0.4) is 0 Å². The summed E-state index contributed by atoms with van der Waals surface area (Å²) in [5.74, 6) is 0.373. The Morgan fingerprint density at radius 1 is 1.14 bits per heavy atom. The van der Waals surface area contributed by atoms with Gasteiger partial charge in [-0.15, -0.1) is 12.4 Å². The summed E-state index contributed by atoms with van der Waals surface area (Å²) in [6, 6.07) is 15.9.